The van der Waals surface area contributed by atoms with Gasteiger partial charge in [-0.3, -0.25) is 4.79 Å². The second kappa shape index (κ2) is 10.7. The van der Waals surface area contributed by atoms with E-state index in [1.165, 1.54) is 25.7 Å². The van der Waals surface area contributed by atoms with Crippen LogP contribution in [-0.4, -0.2) is 22.8 Å². The van der Waals surface area contributed by atoms with Crippen molar-refractivity contribution >= 4 is 5.97 Å². The van der Waals surface area contributed by atoms with Gasteiger partial charge in [0.15, 0.2) is 0 Å². The normalized spacial score (nSPS) is 26.8. The first-order valence-electron chi connectivity index (χ1n) is 9.55. The Morgan fingerprint density at radius 3 is 2.50 bits per heavy atom. The molecular weight excluding hydrogens is 300 g/mol. The Kier molecular flexibility index (Phi) is 9.35. The molecule has 1 fully saturated rings. The zero-order chi connectivity index (χ0) is 18.0. The maximum atomic E-state index is 12.1. The van der Waals surface area contributed by atoms with Crippen molar-refractivity contribution in [1.82, 2.24) is 0 Å². The van der Waals surface area contributed by atoms with Crippen molar-refractivity contribution in [3.63, 3.8) is 0 Å². The highest BCUT2D eigenvalue weighted by Gasteiger charge is 2.41. The van der Waals surface area contributed by atoms with Crippen LogP contribution in [0.15, 0.2) is 24.8 Å². The fraction of sp³-hybridized carbons (Fsp3) is 0.762. The van der Waals surface area contributed by atoms with E-state index < -0.39 is 11.7 Å². The van der Waals surface area contributed by atoms with E-state index in [0.717, 1.165) is 31.3 Å². The Hall–Kier alpha value is -1.09. The predicted octanol–water partition coefficient (Wildman–Crippen LogP) is 5.33. The summed E-state index contributed by atoms with van der Waals surface area (Å²) in [5.74, 6) is 0.174. The number of hydrogen-bond acceptors (Lipinski definition) is 3. The van der Waals surface area contributed by atoms with Crippen LogP contribution in [0.5, 0.6) is 0 Å². The molecule has 0 spiro atoms. The first-order chi connectivity index (χ1) is 11.4. The van der Waals surface area contributed by atoms with Crippen molar-refractivity contribution in [3.05, 3.63) is 24.8 Å². The standard InChI is InChI=1S/C21H36O3/c1-5-6-7-8-9-10-11-12-13-20(22)24-19-16-18(17(2)3)14-15-21(19,4)23/h5,18-19,23H,1-2,6-16H2,3-4H3. The number of unbranched alkanes of at least 4 members (excludes halogenated alkanes) is 6. The fourth-order valence-electron chi connectivity index (χ4n) is 3.36. The van der Waals surface area contributed by atoms with Gasteiger partial charge in [-0.25, -0.2) is 0 Å². The molecule has 1 rings (SSSR count). The van der Waals surface area contributed by atoms with Gasteiger partial charge in [-0.2, -0.15) is 0 Å². The van der Waals surface area contributed by atoms with Gasteiger partial charge < -0.3 is 9.84 Å². The summed E-state index contributed by atoms with van der Waals surface area (Å²) >= 11 is 0. The summed E-state index contributed by atoms with van der Waals surface area (Å²) in [4.78, 5) is 12.1. The predicted molar refractivity (Wildman–Crippen MR) is 99.8 cm³/mol. The van der Waals surface area contributed by atoms with E-state index in [4.69, 9.17) is 4.74 Å². The molecule has 3 atom stereocenters. The molecule has 3 nitrogen and oxygen atoms in total. The quantitative estimate of drug-likeness (QED) is 0.315. The SMILES string of the molecule is C=CCCCCCCCCC(=O)OC1CC(C(=C)C)CCC1(C)O. The van der Waals surface area contributed by atoms with Crippen molar-refractivity contribution in [2.75, 3.05) is 0 Å². The molecule has 1 N–H and O–H groups in total. The van der Waals surface area contributed by atoms with Crippen molar-refractivity contribution in [1.29, 1.82) is 0 Å². The molecule has 138 valence electrons. The third-order valence-corrected chi connectivity index (χ3v) is 5.20. The Balaban J connectivity index is 2.22. The average Bonchev–Trinajstić information content (AvgIpc) is 2.51. The van der Waals surface area contributed by atoms with Crippen LogP contribution in [0.2, 0.25) is 0 Å². The van der Waals surface area contributed by atoms with E-state index in [1.807, 2.05) is 13.0 Å². The third-order valence-electron chi connectivity index (χ3n) is 5.20. The van der Waals surface area contributed by atoms with Crippen molar-refractivity contribution in [2.24, 2.45) is 5.92 Å². The molecule has 0 radical (unpaired) electrons. The summed E-state index contributed by atoms with van der Waals surface area (Å²) in [5, 5.41) is 10.5. The summed E-state index contributed by atoms with van der Waals surface area (Å²) in [6.07, 6.45) is 12.2. The van der Waals surface area contributed by atoms with Crippen LogP contribution < -0.4 is 0 Å². The van der Waals surface area contributed by atoms with Crippen molar-refractivity contribution in [3.8, 4) is 0 Å². The van der Waals surface area contributed by atoms with Crippen LogP contribution in [0.25, 0.3) is 0 Å². The van der Waals surface area contributed by atoms with Crippen LogP contribution >= 0.6 is 0 Å². The third kappa shape index (κ3) is 7.65. The molecule has 0 aromatic heterocycles. The zero-order valence-electron chi connectivity index (χ0n) is 15.7. The van der Waals surface area contributed by atoms with E-state index in [9.17, 15) is 9.90 Å². The average molecular weight is 337 g/mol. The van der Waals surface area contributed by atoms with E-state index in [1.54, 1.807) is 6.92 Å². The molecule has 0 aromatic carbocycles. The molecule has 1 saturated carbocycles. The zero-order valence-corrected chi connectivity index (χ0v) is 15.7. The molecule has 0 heterocycles. The molecule has 0 bridgehead atoms. The van der Waals surface area contributed by atoms with Gasteiger partial charge in [-0.05, 0) is 58.3 Å². The number of hydrogen-bond donors (Lipinski definition) is 1. The van der Waals surface area contributed by atoms with E-state index >= 15 is 0 Å². The fourth-order valence-corrected chi connectivity index (χ4v) is 3.36. The molecule has 0 aromatic rings. The monoisotopic (exact) mass is 336 g/mol. The lowest BCUT2D eigenvalue weighted by atomic mass is 9.75. The molecule has 0 aliphatic heterocycles. The van der Waals surface area contributed by atoms with Crippen LogP contribution in [0.3, 0.4) is 0 Å². The second-order valence-electron chi connectivity index (χ2n) is 7.60. The van der Waals surface area contributed by atoms with E-state index in [2.05, 4.69) is 13.2 Å². The van der Waals surface area contributed by atoms with Gasteiger partial charge in [0.25, 0.3) is 0 Å². The number of allylic oxidation sites excluding steroid dienone is 2. The molecule has 0 saturated heterocycles. The first kappa shape index (κ1) is 21.0. The summed E-state index contributed by atoms with van der Waals surface area (Å²) in [5.41, 5.74) is 0.204. The van der Waals surface area contributed by atoms with Crippen LogP contribution in [0, 0.1) is 5.92 Å². The largest absolute Gasteiger partial charge is 0.459 e. The van der Waals surface area contributed by atoms with Crippen LogP contribution in [0.4, 0.5) is 0 Å². The Morgan fingerprint density at radius 2 is 1.88 bits per heavy atom. The minimum absolute atomic E-state index is 0.172. The van der Waals surface area contributed by atoms with Gasteiger partial charge in [-0.15, -0.1) is 6.58 Å². The number of carbonyl (C=O) groups is 1. The van der Waals surface area contributed by atoms with Gasteiger partial charge in [0, 0.05) is 6.42 Å². The number of aliphatic hydroxyl groups is 1. The molecule has 24 heavy (non-hydrogen) atoms. The van der Waals surface area contributed by atoms with Gasteiger partial charge in [0.05, 0.1) is 5.60 Å². The van der Waals surface area contributed by atoms with E-state index in [-0.39, 0.29) is 5.97 Å². The number of ether oxygens (including phenoxy) is 1. The Bertz CT molecular complexity index is 411. The molecule has 0 amide bonds. The van der Waals surface area contributed by atoms with Gasteiger partial charge in [0.2, 0.25) is 0 Å². The smallest absolute Gasteiger partial charge is 0.306 e. The van der Waals surface area contributed by atoms with E-state index in [0.29, 0.717) is 25.2 Å². The highest BCUT2D eigenvalue weighted by molar-refractivity contribution is 5.69. The number of esters is 1. The minimum atomic E-state index is -0.910. The summed E-state index contributed by atoms with van der Waals surface area (Å²) < 4.78 is 5.61. The Labute approximate surface area is 148 Å². The highest BCUT2D eigenvalue weighted by atomic mass is 16.6. The molecule has 1 aliphatic rings. The van der Waals surface area contributed by atoms with Gasteiger partial charge in [0.1, 0.15) is 6.10 Å². The highest BCUT2D eigenvalue weighted by Crippen LogP contribution is 2.37. The molecule has 3 unspecified atom stereocenters. The van der Waals surface area contributed by atoms with Crippen molar-refractivity contribution < 1.29 is 14.6 Å². The van der Waals surface area contributed by atoms with Crippen LogP contribution in [0.1, 0.15) is 84.5 Å². The molecule has 1 aliphatic carbocycles. The number of carbonyl (C=O) groups excluding carboxylic acids is 1. The maximum absolute atomic E-state index is 12.1. The van der Waals surface area contributed by atoms with Gasteiger partial charge >= 0.3 is 5.97 Å². The molecular formula is C21H36O3. The topological polar surface area (TPSA) is 46.5 Å². The maximum Gasteiger partial charge on any atom is 0.306 e. The summed E-state index contributed by atoms with van der Waals surface area (Å²) in [6.45, 7) is 11.5. The lowest BCUT2D eigenvalue weighted by Crippen LogP contribution is -2.47. The molecule has 3 heteroatoms. The van der Waals surface area contributed by atoms with Gasteiger partial charge in [-0.1, -0.05) is 43.9 Å². The summed E-state index contributed by atoms with van der Waals surface area (Å²) in [6, 6.07) is 0. The first-order valence-corrected chi connectivity index (χ1v) is 9.55. The lowest BCUT2D eigenvalue weighted by Gasteiger charge is -2.40. The Morgan fingerprint density at radius 1 is 1.25 bits per heavy atom. The van der Waals surface area contributed by atoms with Crippen molar-refractivity contribution in [2.45, 2.75) is 96.2 Å². The minimum Gasteiger partial charge on any atom is -0.459 e. The summed E-state index contributed by atoms with van der Waals surface area (Å²) in [7, 11) is 0. The number of rotatable bonds is 11. The lowest BCUT2D eigenvalue weighted by molar-refractivity contribution is -0.171. The second-order valence-corrected chi connectivity index (χ2v) is 7.60. The van der Waals surface area contributed by atoms with Crippen LogP contribution in [-0.2, 0) is 9.53 Å².